The lowest BCUT2D eigenvalue weighted by atomic mass is 10.2. The third kappa shape index (κ3) is 3.42. The number of benzene rings is 1. The molecule has 0 N–H and O–H groups in total. The Hall–Kier alpha value is -1.59. The number of amides is 1. The highest BCUT2D eigenvalue weighted by Gasteiger charge is 2.22. The number of piperazine rings is 1. The van der Waals surface area contributed by atoms with E-state index in [4.69, 9.17) is 11.6 Å². The molecule has 1 amide bonds. The molecule has 0 radical (unpaired) electrons. The van der Waals surface area contributed by atoms with Gasteiger partial charge >= 0.3 is 0 Å². The molecule has 6 heteroatoms. The van der Waals surface area contributed by atoms with Crippen molar-refractivity contribution < 1.29 is 4.79 Å². The lowest BCUT2D eigenvalue weighted by Crippen LogP contribution is -2.49. The second-order valence-electron chi connectivity index (χ2n) is 5.11. The minimum atomic E-state index is 0.0694. The molecule has 0 saturated carbocycles. The third-order valence-corrected chi connectivity index (χ3v) is 4.37. The van der Waals surface area contributed by atoms with E-state index in [9.17, 15) is 4.79 Å². The summed E-state index contributed by atoms with van der Waals surface area (Å²) in [4.78, 5) is 20.8. The summed E-state index contributed by atoms with van der Waals surface area (Å²) in [5, 5.41) is 0.491. The van der Waals surface area contributed by atoms with Gasteiger partial charge in [-0.2, -0.15) is 0 Å². The standard InChI is InChI=1S/C16H15BrClN3O/c17-13-4-1-3-12(11-13)16(22)21-9-7-20(8-10-21)15-6-2-5-14(18)19-15/h1-6,11H,7-10H2. The first-order valence-electron chi connectivity index (χ1n) is 7.06. The van der Waals surface area contributed by atoms with Crippen LogP contribution in [0.1, 0.15) is 10.4 Å². The Balaban J connectivity index is 1.65. The van der Waals surface area contributed by atoms with Crippen molar-refractivity contribution in [3.05, 3.63) is 57.7 Å². The summed E-state index contributed by atoms with van der Waals surface area (Å²) >= 11 is 9.33. The predicted molar refractivity (Wildman–Crippen MR) is 91.5 cm³/mol. The van der Waals surface area contributed by atoms with Crippen LogP contribution in [-0.2, 0) is 0 Å². The topological polar surface area (TPSA) is 36.4 Å². The predicted octanol–water partition coefficient (Wildman–Crippen LogP) is 3.46. The molecular formula is C16H15BrClN3O. The zero-order valence-electron chi connectivity index (χ0n) is 11.9. The quantitative estimate of drug-likeness (QED) is 0.749. The molecule has 114 valence electrons. The van der Waals surface area contributed by atoms with Crippen molar-refractivity contribution in [1.29, 1.82) is 0 Å². The summed E-state index contributed by atoms with van der Waals surface area (Å²) in [7, 11) is 0. The first kappa shape index (κ1) is 15.3. The van der Waals surface area contributed by atoms with Crippen molar-refractivity contribution >= 4 is 39.3 Å². The molecule has 3 rings (SSSR count). The van der Waals surface area contributed by atoms with Crippen molar-refractivity contribution in [3.63, 3.8) is 0 Å². The first-order chi connectivity index (χ1) is 10.6. The van der Waals surface area contributed by atoms with Crippen LogP contribution in [0.15, 0.2) is 46.9 Å². The van der Waals surface area contributed by atoms with E-state index in [1.165, 1.54) is 0 Å². The van der Waals surface area contributed by atoms with Crippen molar-refractivity contribution in [3.8, 4) is 0 Å². The van der Waals surface area contributed by atoms with E-state index in [-0.39, 0.29) is 5.91 Å². The van der Waals surface area contributed by atoms with Crippen molar-refractivity contribution in [2.24, 2.45) is 0 Å². The lowest BCUT2D eigenvalue weighted by molar-refractivity contribution is 0.0746. The van der Waals surface area contributed by atoms with Crippen LogP contribution in [0.25, 0.3) is 0 Å². The van der Waals surface area contributed by atoms with Gasteiger partial charge in [-0.1, -0.05) is 39.7 Å². The molecule has 1 aliphatic heterocycles. The van der Waals surface area contributed by atoms with Gasteiger partial charge in [-0.15, -0.1) is 0 Å². The molecular weight excluding hydrogens is 366 g/mol. The van der Waals surface area contributed by atoms with Crippen LogP contribution in [0.3, 0.4) is 0 Å². The number of carbonyl (C=O) groups excluding carboxylic acids is 1. The fourth-order valence-electron chi connectivity index (χ4n) is 2.52. The van der Waals surface area contributed by atoms with Crippen LogP contribution in [0.5, 0.6) is 0 Å². The second-order valence-corrected chi connectivity index (χ2v) is 6.41. The van der Waals surface area contributed by atoms with Gasteiger partial charge in [0.2, 0.25) is 0 Å². The summed E-state index contributed by atoms with van der Waals surface area (Å²) in [5.74, 6) is 0.932. The molecule has 22 heavy (non-hydrogen) atoms. The zero-order chi connectivity index (χ0) is 15.5. The largest absolute Gasteiger partial charge is 0.353 e. The number of anilines is 1. The fraction of sp³-hybridized carbons (Fsp3) is 0.250. The molecule has 1 aromatic carbocycles. The van der Waals surface area contributed by atoms with E-state index >= 15 is 0 Å². The summed E-state index contributed by atoms with van der Waals surface area (Å²) < 4.78 is 0.917. The molecule has 0 aliphatic carbocycles. The average Bonchev–Trinajstić information content (AvgIpc) is 2.54. The maximum absolute atomic E-state index is 12.5. The van der Waals surface area contributed by atoms with Crippen molar-refractivity contribution in [2.75, 3.05) is 31.1 Å². The molecule has 0 atom stereocenters. The SMILES string of the molecule is O=C(c1cccc(Br)c1)N1CCN(c2cccc(Cl)n2)CC1. The number of rotatable bonds is 2. The van der Waals surface area contributed by atoms with Crippen LogP contribution < -0.4 is 4.90 Å². The molecule has 2 aromatic rings. The van der Waals surface area contributed by atoms with Gasteiger partial charge in [0.05, 0.1) is 0 Å². The highest BCUT2D eigenvalue weighted by Crippen LogP contribution is 2.18. The highest BCUT2D eigenvalue weighted by atomic mass is 79.9. The van der Waals surface area contributed by atoms with Gasteiger partial charge in [0.25, 0.3) is 5.91 Å². The van der Waals surface area contributed by atoms with E-state index < -0.39 is 0 Å². The lowest BCUT2D eigenvalue weighted by Gasteiger charge is -2.35. The Kier molecular flexibility index (Phi) is 4.64. The summed E-state index contributed by atoms with van der Waals surface area (Å²) in [6, 6.07) is 13.1. The van der Waals surface area contributed by atoms with Crippen LogP contribution in [0.2, 0.25) is 5.15 Å². The first-order valence-corrected chi connectivity index (χ1v) is 8.23. The van der Waals surface area contributed by atoms with Gasteiger partial charge in [-0.05, 0) is 30.3 Å². The van der Waals surface area contributed by atoms with Crippen molar-refractivity contribution in [1.82, 2.24) is 9.88 Å². The van der Waals surface area contributed by atoms with Gasteiger partial charge in [0.1, 0.15) is 11.0 Å². The molecule has 1 aliphatic rings. The molecule has 0 unspecified atom stereocenters. The summed E-state index contributed by atoms with van der Waals surface area (Å²) in [6.45, 7) is 2.87. The number of pyridine rings is 1. The van der Waals surface area contributed by atoms with E-state index in [1.807, 2.05) is 41.3 Å². The van der Waals surface area contributed by atoms with Gasteiger partial charge in [-0.3, -0.25) is 4.79 Å². The Morgan fingerprint density at radius 3 is 2.50 bits per heavy atom. The Morgan fingerprint density at radius 1 is 1.09 bits per heavy atom. The molecule has 4 nitrogen and oxygen atoms in total. The van der Waals surface area contributed by atoms with Crippen molar-refractivity contribution in [2.45, 2.75) is 0 Å². The van der Waals surface area contributed by atoms with E-state index in [0.717, 1.165) is 23.4 Å². The Bertz CT molecular complexity index is 687. The molecule has 2 heterocycles. The number of halogens is 2. The number of hydrogen-bond donors (Lipinski definition) is 0. The Labute approximate surface area is 142 Å². The van der Waals surface area contributed by atoms with Gasteiger partial charge in [0.15, 0.2) is 0 Å². The number of hydrogen-bond acceptors (Lipinski definition) is 3. The molecule has 1 aromatic heterocycles. The number of aromatic nitrogens is 1. The monoisotopic (exact) mass is 379 g/mol. The molecule has 1 saturated heterocycles. The van der Waals surface area contributed by atoms with Crippen LogP contribution in [0, 0.1) is 0 Å². The zero-order valence-corrected chi connectivity index (χ0v) is 14.2. The minimum Gasteiger partial charge on any atom is -0.353 e. The van der Waals surface area contributed by atoms with E-state index in [2.05, 4.69) is 25.8 Å². The molecule has 1 fully saturated rings. The van der Waals surface area contributed by atoms with E-state index in [0.29, 0.717) is 23.8 Å². The maximum atomic E-state index is 12.5. The summed E-state index contributed by atoms with van der Waals surface area (Å²) in [6.07, 6.45) is 0. The fourth-order valence-corrected chi connectivity index (χ4v) is 3.07. The van der Waals surface area contributed by atoms with Crippen LogP contribution in [-0.4, -0.2) is 42.0 Å². The van der Waals surface area contributed by atoms with E-state index in [1.54, 1.807) is 6.07 Å². The summed E-state index contributed by atoms with van der Waals surface area (Å²) in [5.41, 5.74) is 0.712. The van der Waals surface area contributed by atoms with Crippen LogP contribution in [0.4, 0.5) is 5.82 Å². The Morgan fingerprint density at radius 2 is 1.82 bits per heavy atom. The van der Waals surface area contributed by atoms with Gasteiger partial charge in [0, 0.05) is 36.2 Å². The minimum absolute atomic E-state index is 0.0694. The third-order valence-electron chi connectivity index (χ3n) is 3.66. The number of nitrogens with zero attached hydrogens (tertiary/aromatic N) is 3. The van der Waals surface area contributed by atoms with Gasteiger partial charge < -0.3 is 9.80 Å². The average molecular weight is 381 g/mol. The maximum Gasteiger partial charge on any atom is 0.254 e. The number of carbonyl (C=O) groups is 1. The highest BCUT2D eigenvalue weighted by molar-refractivity contribution is 9.10. The molecule has 0 spiro atoms. The smallest absolute Gasteiger partial charge is 0.254 e. The van der Waals surface area contributed by atoms with Gasteiger partial charge in [-0.25, -0.2) is 4.98 Å². The van der Waals surface area contributed by atoms with Crippen LogP contribution >= 0.6 is 27.5 Å². The normalized spacial score (nSPS) is 15.0. The second kappa shape index (κ2) is 6.67. The molecule has 0 bridgehead atoms.